The second kappa shape index (κ2) is 10.6. The van der Waals surface area contributed by atoms with Gasteiger partial charge in [0.25, 0.3) is 5.91 Å². The number of nitrogen functional groups attached to an aromatic ring is 1. The Bertz CT molecular complexity index is 1170. The zero-order valence-corrected chi connectivity index (χ0v) is 21.6. The standard InChI is InChI=1S/C26H36N6O2S/c1-3-8-31(18-4-6-23-24(15-18)35-26(27)29-23)12-9-30-10-13-32(14-11-30)25(33)21-17-28-22-7-5-19(34-2)16-20(21)22/h5,7,16-18,28H,3-4,6,8-15H2,1-2H3,(H2,27,29). The van der Waals surface area contributed by atoms with E-state index < -0.39 is 0 Å². The van der Waals surface area contributed by atoms with Gasteiger partial charge in [0.15, 0.2) is 5.13 Å². The number of H-pyrrole nitrogens is 1. The minimum absolute atomic E-state index is 0.0959. The Hall–Kier alpha value is -2.62. The van der Waals surface area contributed by atoms with Crippen molar-refractivity contribution in [1.29, 1.82) is 0 Å². The van der Waals surface area contributed by atoms with Crippen molar-refractivity contribution in [3.63, 3.8) is 0 Å². The fourth-order valence-corrected chi connectivity index (χ4v) is 6.42. The van der Waals surface area contributed by atoms with E-state index in [9.17, 15) is 4.79 Å². The number of ether oxygens (including phenoxy) is 1. The lowest BCUT2D eigenvalue weighted by atomic mass is 9.96. The summed E-state index contributed by atoms with van der Waals surface area (Å²) in [6.45, 7) is 8.84. The first-order chi connectivity index (χ1) is 17.1. The Balaban J connectivity index is 1.15. The summed E-state index contributed by atoms with van der Waals surface area (Å²) in [5, 5.41) is 1.63. The molecule has 188 valence electrons. The van der Waals surface area contributed by atoms with Crippen molar-refractivity contribution in [2.75, 3.05) is 58.7 Å². The SMILES string of the molecule is CCCN(CCN1CCN(C(=O)c2c[nH]c3ccc(OC)cc23)CC1)C1CCc2nc(N)sc2C1. The fourth-order valence-electron chi connectivity index (χ4n) is 5.47. The van der Waals surface area contributed by atoms with Gasteiger partial charge in [0.1, 0.15) is 5.75 Å². The van der Waals surface area contributed by atoms with Crippen LogP contribution in [0.2, 0.25) is 0 Å². The molecule has 2 aliphatic rings. The Morgan fingerprint density at radius 2 is 2.11 bits per heavy atom. The highest BCUT2D eigenvalue weighted by molar-refractivity contribution is 7.15. The Kier molecular flexibility index (Phi) is 7.27. The molecule has 35 heavy (non-hydrogen) atoms. The van der Waals surface area contributed by atoms with Gasteiger partial charge in [-0.25, -0.2) is 4.98 Å². The molecular formula is C26H36N6O2S. The number of aromatic nitrogens is 2. The van der Waals surface area contributed by atoms with Crippen molar-refractivity contribution < 1.29 is 9.53 Å². The second-order valence-corrected chi connectivity index (χ2v) is 10.7. The number of benzene rings is 1. The monoisotopic (exact) mass is 496 g/mol. The van der Waals surface area contributed by atoms with E-state index >= 15 is 0 Å². The first-order valence-corrected chi connectivity index (χ1v) is 13.5. The van der Waals surface area contributed by atoms with Crippen LogP contribution in [0, 0.1) is 0 Å². The fraction of sp³-hybridized carbons (Fsp3) is 0.538. The lowest BCUT2D eigenvalue weighted by Gasteiger charge is -2.38. The molecule has 1 amide bonds. The first-order valence-electron chi connectivity index (χ1n) is 12.7. The molecule has 3 heterocycles. The number of piperazine rings is 1. The molecule has 0 spiro atoms. The number of hydrogen-bond acceptors (Lipinski definition) is 7. The third-order valence-electron chi connectivity index (χ3n) is 7.44. The van der Waals surface area contributed by atoms with E-state index in [0.717, 1.165) is 93.7 Å². The lowest BCUT2D eigenvalue weighted by Crippen LogP contribution is -2.51. The number of hydrogen-bond donors (Lipinski definition) is 2. The predicted molar refractivity (Wildman–Crippen MR) is 141 cm³/mol. The molecule has 2 aromatic heterocycles. The Morgan fingerprint density at radius 1 is 1.29 bits per heavy atom. The minimum atomic E-state index is 0.0959. The highest BCUT2D eigenvalue weighted by Gasteiger charge is 2.28. The molecule has 1 fully saturated rings. The number of thiazole rings is 1. The number of nitrogens with two attached hydrogens (primary N) is 1. The van der Waals surface area contributed by atoms with Gasteiger partial charge in [-0.05, 0) is 50.4 Å². The van der Waals surface area contributed by atoms with Crippen molar-refractivity contribution in [2.24, 2.45) is 0 Å². The second-order valence-electron chi connectivity index (χ2n) is 9.60. The maximum atomic E-state index is 13.3. The van der Waals surface area contributed by atoms with Gasteiger partial charge in [0.05, 0.1) is 18.4 Å². The molecule has 1 saturated heterocycles. The van der Waals surface area contributed by atoms with Crippen LogP contribution in [0.1, 0.15) is 40.7 Å². The largest absolute Gasteiger partial charge is 0.497 e. The van der Waals surface area contributed by atoms with Crippen LogP contribution in [0.4, 0.5) is 5.13 Å². The van der Waals surface area contributed by atoms with E-state index in [1.165, 1.54) is 10.6 Å². The Morgan fingerprint density at radius 3 is 2.89 bits per heavy atom. The molecule has 8 nitrogen and oxygen atoms in total. The van der Waals surface area contributed by atoms with Crippen LogP contribution in [0.25, 0.3) is 10.9 Å². The number of carbonyl (C=O) groups excluding carboxylic acids is 1. The molecule has 0 radical (unpaired) electrons. The lowest BCUT2D eigenvalue weighted by molar-refractivity contribution is 0.0611. The maximum absolute atomic E-state index is 13.3. The number of aromatic amines is 1. The van der Waals surface area contributed by atoms with Gasteiger partial charge in [0.2, 0.25) is 0 Å². The third-order valence-corrected chi connectivity index (χ3v) is 8.39. The summed E-state index contributed by atoms with van der Waals surface area (Å²) in [7, 11) is 1.65. The molecule has 1 unspecified atom stereocenters. The molecule has 1 aliphatic heterocycles. The quantitative estimate of drug-likeness (QED) is 0.498. The number of nitrogens with zero attached hydrogens (tertiary/aromatic N) is 4. The van der Waals surface area contributed by atoms with Crippen molar-refractivity contribution in [3.05, 3.63) is 40.5 Å². The van der Waals surface area contributed by atoms with Crippen molar-refractivity contribution in [1.82, 2.24) is 24.7 Å². The van der Waals surface area contributed by atoms with E-state index in [-0.39, 0.29) is 5.91 Å². The number of aryl methyl sites for hydroxylation is 1. The zero-order valence-electron chi connectivity index (χ0n) is 20.8. The molecular weight excluding hydrogens is 460 g/mol. The summed E-state index contributed by atoms with van der Waals surface area (Å²) in [6.07, 6.45) is 6.25. The van der Waals surface area contributed by atoms with Gasteiger partial charge >= 0.3 is 0 Å². The van der Waals surface area contributed by atoms with Crippen LogP contribution in [0.5, 0.6) is 5.75 Å². The molecule has 1 atom stereocenters. The van der Waals surface area contributed by atoms with Crippen LogP contribution < -0.4 is 10.5 Å². The minimum Gasteiger partial charge on any atom is -0.497 e. The summed E-state index contributed by atoms with van der Waals surface area (Å²) >= 11 is 1.66. The molecule has 1 aromatic carbocycles. The van der Waals surface area contributed by atoms with Gasteiger partial charge < -0.3 is 20.4 Å². The number of anilines is 1. The van der Waals surface area contributed by atoms with Crippen LogP contribution in [-0.2, 0) is 12.8 Å². The number of nitrogens with one attached hydrogen (secondary N) is 1. The van der Waals surface area contributed by atoms with Crippen LogP contribution in [0.3, 0.4) is 0 Å². The smallest absolute Gasteiger partial charge is 0.256 e. The van der Waals surface area contributed by atoms with Crippen LogP contribution in [-0.4, -0.2) is 89.5 Å². The molecule has 1 aliphatic carbocycles. The van der Waals surface area contributed by atoms with Gasteiger partial charge in [0, 0.05) is 67.3 Å². The topological polar surface area (TPSA) is 90.7 Å². The third kappa shape index (κ3) is 5.17. The van der Waals surface area contributed by atoms with Crippen LogP contribution >= 0.6 is 11.3 Å². The van der Waals surface area contributed by atoms with Gasteiger partial charge in [-0.15, -0.1) is 11.3 Å². The average Bonchev–Trinajstić information content (AvgIpc) is 3.47. The summed E-state index contributed by atoms with van der Waals surface area (Å²) < 4.78 is 5.35. The highest BCUT2D eigenvalue weighted by Crippen LogP contribution is 2.30. The number of rotatable bonds is 8. The van der Waals surface area contributed by atoms with E-state index in [2.05, 4.69) is 26.7 Å². The zero-order chi connectivity index (χ0) is 24.4. The van der Waals surface area contributed by atoms with Crippen molar-refractivity contribution in [3.8, 4) is 5.75 Å². The molecule has 3 aromatic rings. The number of carbonyl (C=O) groups is 1. The summed E-state index contributed by atoms with van der Waals surface area (Å²) in [4.78, 5) is 29.5. The molecule has 0 bridgehead atoms. The maximum Gasteiger partial charge on any atom is 0.256 e. The van der Waals surface area contributed by atoms with Crippen LogP contribution in [0.15, 0.2) is 24.4 Å². The summed E-state index contributed by atoms with van der Waals surface area (Å²) in [5.74, 6) is 0.860. The van der Waals surface area contributed by atoms with Gasteiger partial charge in [-0.1, -0.05) is 6.92 Å². The van der Waals surface area contributed by atoms with Gasteiger partial charge in [-0.3, -0.25) is 14.6 Å². The van der Waals surface area contributed by atoms with E-state index in [1.807, 2.05) is 29.3 Å². The van der Waals surface area contributed by atoms with Crippen molar-refractivity contribution >= 4 is 33.3 Å². The first kappa shape index (κ1) is 24.1. The van der Waals surface area contributed by atoms with E-state index in [1.54, 1.807) is 18.4 Å². The molecule has 5 rings (SSSR count). The summed E-state index contributed by atoms with van der Waals surface area (Å²) in [6, 6.07) is 6.38. The van der Waals surface area contributed by atoms with E-state index in [4.69, 9.17) is 10.5 Å². The molecule has 0 saturated carbocycles. The van der Waals surface area contributed by atoms with Crippen molar-refractivity contribution in [2.45, 2.75) is 38.6 Å². The Labute approximate surface area is 211 Å². The normalized spacial score (nSPS) is 18.8. The predicted octanol–water partition coefficient (Wildman–Crippen LogP) is 3.24. The number of amides is 1. The average molecular weight is 497 g/mol. The molecule has 3 N–H and O–H groups in total. The highest BCUT2D eigenvalue weighted by atomic mass is 32.1. The molecule has 9 heteroatoms. The van der Waals surface area contributed by atoms with E-state index in [0.29, 0.717) is 11.2 Å². The number of fused-ring (bicyclic) bond motifs is 2. The summed E-state index contributed by atoms with van der Waals surface area (Å²) in [5.41, 5.74) is 8.85. The number of methoxy groups -OCH3 is 1. The van der Waals surface area contributed by atoms with Gasteiger partial charge in [-0.2, -0.15) is 0 Å².